The first kappa shape index (κ1) is 34.9. The van der Waals surface area contributed by atoms with E-state index in [1.807, 2.05) is 30.6 Å². The van der Waals surface area contributed by atoms with Gasteiger partial charge in [0.25, 0.3) is 0 Å². The van der Waals surface area contributed by atoms with Gasteiger partial charge in [-0.05, 0) is 76.6 Å². The van der Waals surface area contributed by atoms with Crippen LogP contribution in [0, 0.1) is 24.0 Å². The van der Waals surface area contributed by atoms with E-state index in [1.165, 1.54) is 31.5 Å². The molecule has 0 radical (unpaired) electrons. The average molecular weight is 746 g/mol. The van der Waals surface area contributed by atoms with Crippen molar-refractivity contribution in [2.24, 2.45) is 0 Å². The van der Waals surface area contributed by atoms with Crippen molar-refractivity contribution in [2.75, 3.05) is 51.6 Å². The molecule has 6 heterocycles. The zero-order chi connectivity index (χ0) is 38.9. The van der Waals surface area contributed by atoms with Gasteiger partial charge < -0.3 is 23.8 Å². The summed E-state index contributed by atoms with van der Waals surface area (Å²) in [7, 11) is 1.47. The highest BCUT2D eigenvalue weighted by atomic mass is 19.1. The van der Waals surface area contributed by atoms with Crippen LogP contribution in [0.4, 0.5) is 23.8 Å². The Kier molecular flexibility index (Phi) is 8.89. The summed E-state index contributed by atoms with van der Waals surface area (Å²) >= 11 is 0. The van der Waals surface area contributed by atoms with Gasteiger partial charge in [-0.1, -0.05) is 12.0 Å². The number of rotatable bonds is 8. The molecule has 2 aromatic heterocycles. The lowest BCUT2D eigenvalue weighted by molar-refractivity contribution is 0.0122. The van der Waals surface area contributed by atoms with Crippen molar-refractivity contribution >= 4 is 33.6 Å². The van der Waals surface area contributed by atoms with E-state index >= 15 is 13.2 Å². The molecule has 0 spiro atoms. The average Bonchev–Trinajstić information content (AvgIpc) is 3.72. The summed E-state index contributed by atoms with van der Waals surface area (Å²) in [6, 6.07) is 5.47. The van der Waals surface area contributed by atoms with Crippen molar-refractivity contribution in [3.05, 3.63) is 47.7 Å². The standard InChI is InChI=1S/C40H43F3N6O5/c1-6-28-31(42)11-8-23-14-27(53-22-51-5)15-29(32(23)28)34-33(43)35-30(17-44-34)36(46-37(45-35)52-21-40-12-7-13-48(40)18-24(41)16-40)47-19-25-9-10-26(20-47)49(25)38(50)54-39(2,3)4/h1,8,11,14-15,17,24-26H,7,9-10,12-13,16,18-22H2,2-5H3/i24D. The number of ether oxygens (including phenoxy) is 4. The molecule has 4 aliphatic rings. The number of methoxy groups -OCH3 is 1. The lowest BCUT2D eigenvalue weighted by Crippen LogP contribution is -2.57. The van der Waals surface area contributed by atoms with Gasteiger partial charge in [0.1, 0.15) is 47.0 Å². The second kappa shape index (κ2) is 13.8. The van der Waals surface area contributed by atoms with Gasteiger partial charge in [0.15, 0.2) is 12.6 Å². The fraction of sp³-hybridized carbons (Fsp3) is 0.500. The molecule has 11 nitrogen and oxygen atoms in total. The molecule has 4 aliphatic heterocycles. The molecule has 4 saturated heterocycles. The predicted octanol–water partition coefficient (Wildman–Crippen LogP) is 6.63. The molecule has 2 bridgehead atoms. The third-order valence-electron chi connectivity index (χ3n) is 10.9. The summed E-state index contributed by atoms with van der Waals surface area (Å²) in [4.78, 5) is 33.0. The number of terminal acetylenes is 1. The van der Waals surface area contributed by atoms with E-state index in [9.17, 15) is 4.79 Å². The quantitative estimate of drug-likeness (QED) is 0.144. The molecule has 1 amide bonds. The maximum atomic E-state index is 17.3. The van der Waals surface area contributed by atoms with E-state index < -0.39 is 28.9 Å². The van der Waals surface area contributed by atoms with E-state index in [0.717, 1.165) is 19.3 Å². The molecule has 4 atom stereocenters. The number of carbonyl (C=O) groups is 1. The highest BCUT2D eigenvalue weighted by Gasteiger charge is 2.50. The smallest absolute Gasteiger partial charge is 0.410 e. The number of halogens is 3. The molecule has 4 aromatic rings. The Balaban J connectivity index is 1.24. The van der Waals surface area contributed by atoms with Crippen LogP contribution in [0.1, 0.15) is 59.8 Å². The zero-order valence-corrected chi connectivity index (χ0v) is 30.8. The number of alkyl halides is 1. The number of aromatic nitrogens is 3. The second-order valence-corrected chi connectivity index (χ2v) is 15.6. The van der Waals surface area contributed by atoms with E-state index in [2.05, 4.69) is 15.9 Å². The van der Waals surface area contributed by atoms with Crippen LogP contribution in [0.3, 0.4) is 0 Å². The fourth-order valence-electron chi connectivity index (χ4n) is 8.63. The van der Waals surface area contributed by atoms with Crippen molar-refractivity contribution in [1.82, 2.24) is 24.8 Å². The Morgan fingerprint density at radius 3 is 2.63 bits per heavy atom. The van der Waals surface area contributed by atoms with Crippen LogP contribution >= 0.6 is 0 Å². The van der Waals surface area contributed by atoms with Crippen molar-refractivity contribution in [1.29, 1.82) is 0 Å². The normalized spacial score (nSPS) is 25.6. The number of benzene rings is 2. The third kappa shape index (κ3) is 6.41. The van der Waals surface area contributed by atoms with Crippen LogP contribution in [0.15, 0.2) is 30.5 Å². The van der Waals surface area contributed by atoms with Crippen molar-refractivity contribution in [2.45, 2.75) is 82.2 Å². The minimum atomic E-state index is -2.11. The first-order valence-electron chi connectivity index (χ1n) is 18.7. The number of fused-ring (bicyclic) bond motifs is 5. The van der Waals surface area contributed by atoms with Crippen LogP contribution in [-0.2, 0) is 9.47 Å². The zero-order valence-electron chi connectivity index (χ0n) is 31.8. The van der Waals surface area contributed by atoms with Crippen molar-refractivity contribution < 1.29 is 38.3 Å². The van der Waals surface area contributed by atoms with Gasteiger partial charge in [-0.3, -0.25) is 14.8 Å². The molecule has 284 valence electrons. The monoisotopic (exact) mass is 745 g/mol. The summed E-state index contributed by atoms with van der Waals surface area (Å²) in [6.07, 6.45) is 7.72. The summed E-state index contributed by atoms with van der Waals surface area (Å²) in [5.41, 5.74) is -1.51. The topological polar surface area (TPSA) is 102 Å². The minimum Gasteiger partial charge on any atom is -0.468 e. The van der Waals surface area contributed by atoms with Crippen LogP contribution in [0.5, 0.6) is 11.8 Å². The van der Waals surface area contributed by atoms with E-state index in [-0.39, 0.29) is 78.3 Å². The third-order valence-corrected chi connectivity index (χ3v) is 10.9. The van der Waals surface area contributed by atoms with Crippen LogP contribution in [0.25, 0.3) is 32.9 Å². The maximum Gasteiger partial charge on any atom is 0.410 e. The number of pyridine rings is 1. The summed E-state index contributed by atoms with van der Waals surface area (Å²) in [5, 5.41) is 1.07. The predicted molar refractivity (Wildman–Crippen MR) is 196 cm³/mol. The van der Waals surface area contributed by atoms with Gasteiger partial charge in [0.2, 0.25) is 0 Å². The molecular formula is C40H43F3N6O5. The Hall–Kier alpha value is -4.87. The molecule has 2 aromatic carbocycles. The van der Waals surface area contributed by atoms with E-state index in [1.54, 1.807) is 11.0 Å². The van der Waals surface area contributed by atoms with Gasteiger partial charge in [-0.25, -0.2) is 18.0 Å². The molecule has 8 rings (SSSR count). The number of hydrogen-bond donors (Lipinski definition) is 0. The lowest BCUT2D eigenvalue weighted by Gasteiger charge is -2.42. The maximum absolute atomic E-state index is 17.3. The van der Waals surface area contributed by atoms with Crippen LogP contribution < -0.4 is 14.4 Å². The largest absolute Gasteiger partial charge is 0.468 e. The number of carbonyl (C=O) groups excluding carboxylic acids is 1. The van der Waals surface area contributed by atoms with Crippen LogP contribution in [0.2, 0.25) is 0 Å². The Labute approximate surface area is 313 Å². The number of anilines is 1. The molecule has 4 unspecified atom stereocenters. The molecule has 0 aliphatic carbocycles. The molecule has 14 heteroatoms. The number of piperazine rings is 1. The Bertz CT molecular complexity index is 2220. The summed E-state index contributed by atoms with van der Waals surface area (Å²) in [6.45, 7) is 6.81. The van der Waals surface area contributed by atoms with E-state index in [0.29, 0.717) is 48.4 Å². The SMILES string of the molecule is [2H]C1(F)CN2CCCC2(COc2nc(N3CC4CCC(C3)N4C(=O)OC(C)(C)C)c3cnc(-c4cc(OCOC)cc5ccc(F)c(C#C)c45)c(F)c3n2)C1. The second-order valence-electron chi connectivity index (χ2n) is 15.6. The van der Waals surface area contributed by atoms with Gasteiger partial charge in [0, 0.05) is 50.3 Å². The summed E-state index contributed by atoms with van der Waals surface area (Å²) in [5.74, 6) is 1.62. The summed E-state index contributed by atoms with van der Waals surface area (Å²) < 4.78 is 78.4. The highest BCUT2D eigenvalue weighted by molar-refractivity contribution is 6.03. The van der Waals surface area contributed by atoms with Crippen molar-refractivity contribution in [3.8, 4) is 35.4 Å². The van der Waals surface area contributed by atoms with E-state index in [4.69, 9.17) is 31.7 Å². The molecular weight excluding hydrogens is 701 g/mol. The van der Waals surface area contributed by atoms with Gasteiger partial charge in [-0.15, -0.1) is 6.42 Å². The first-order valence-corrected chi connectivity index (χ1v) is 18.2. The Morgan fingerprint density at radius 2 is 1.91 bits per heavy atom. The fourth-order valence-corrected chi connectivity index (χ4v) is 8.63. The minimum absolute atomic E-state index is 0.00799. The molecule has 4 fully saturated rings. The highest BCUT2D eigenvalue weighted by Crippen LogP contribution is 2.43. The lowest BCUT2D eigenvalue weighted by atomic mass is 9.95. The molecule has 0 N–H and O–H groups in total. The van der Waals surface area contributed by atoms with Crippen molar-refractivity contribution in [3.63, 3.8) is 0 Å². The van der Waals surface area contributed by atoms with Gasteiger partial charge >= 0.3 is 12.1 Å². The van der Waals surface area contributed by atoms with Gasteiger partial charge in [0.05, 0.1) is 29.9 Å². The molecule has 0 saturated carbocycles. The molecule has 54 heavy (non-hydrogen) atoms. The van der Waals surface area contributed by atoms with Gasteiger partial charge in [-0.2, -0.15) is 9.97 Å². The Morgan fingerprint density at radius 1 is 1.13 bits per heavy atom. The number of hydrogen-bond acceptors (Lipinski definition) is 10. The number of nitrogens with zero attached hydrogens (tertiary/aromatic N) is 6. The van der Waals surface area contributed by atoms with Crippen LogP contribution in [-0.4, -0.2) is 107 Å². The first-order chi connectivity index (χ1) is 26.2. The number of amides is 1.